The molecule has 0 N–H and O–H groups in total. The Morgan fingerprint density at radius 2 is 0.674 bits per heavy atom. The van der Waals surface area contributed by atoms with Crippen molar-refractivity contribution in [1.29, 1.82) is 0 Å². The van der Waals surface area contributed by atoms with Gasteiger partial charge in [-0.1, -0.05) is 405 Å². The predicted octanol–water partition coefficient (Wildman–Crippen LogP) is 30.7. The van der Waals surface area contributed by atoms with E-state index in [1.807, 2.05) is 50.9 Å². The number of thiol groups is 1. The molecule has 6 rings (SSSR count). The molecule has 0 aliphatic heterocycles. The molecule has 0 bridgehead atoms. The third-order valence-electron chi connectivity index (χ3n) is 19.9. The summed E-state index contributed by atoms with van der Waals surface area (Å²) in [5.41, 5.74) is -3.46. The van der Waals surface area contributed by atoms with E-state index in [0.717, 1.165) is 133 Å². The minimum Gasteiger partial charge on any atom is -1.00 e. The third-order valence-corrected chi connectivity index (χ3v) is 36.7. The Hall–Kier alpha value is 0.742. The van der Waals surface area contributed by atoms with Crippen LogP contribution in [0.5, 0.6) is 0 Å². The summed E-state index contributed by atoms with van der Waals surface area (Å²) in [6.07, 6.45) is 14.1. The van der Waals surface area contributed by atoms with Crippen molar-refractivity contribution in [3.05, 3.63) is 192 Å². The normalized spacial score (nSPS) is 12.7. The van der Waals surface area contributed by atoms with Crippen LogP contribution in [0.1, 0.15) is 309 Å². The molecule has 2 unspecified atom stereocenters. The van der Waals surface area contributed by atoms with Gasteiger partial charge in [0.1, 0.15) is 0 Å². The van der Waals surface area contributed by atoms with Gasteiger partial charge in [0.2, 0.25) is 0 Å². The largest absolute Gasteiger partial charge is 2.00 e. The fourth-order valence-corrected chi connectivity index (χ4v) is 26.9. The Bertz CT molecular complexity index is 3730. The zero-order valence-corrected chi connectivity index (χ0v) is 95.2. The van der Waals surface area contributed by atoms with Crippen LogP contribution in [-0.4, -0.2) is 124 Å². The van der Waals surface area contributed by atoms with Crippen LogP contribution in [0.4, 0.5) is 79.0 Å². The van der Waals surface area contributed by atoms with E-state index in [-0.39, 0.29) is 105 Å². The van der Waals surface area contributed by atoms with E-state index < -0.39 is 105 Å². The molecule has 0 saturated heterocycles. The van der Waals surface area contributed by atoms with E-state index in [4.69, 9.17) is 56.8 Å². The second-order valence-corrected chi connectivity index (χ2v) is 49.6. The van der Waals surface area contributed by atoms with Gasteiger partial charge < -0.3 is 40.9 Å². The van der Waals surface area contributed by atoms with Crippen LogP contribution in [0.3, 0.4) is 0 Å². The quantitative estimate of drug-likeness (QED) is 0.0102. The molecule has 0 aromatic heterocycles. The van der Waals surface area contributed by atoms with Crippen LogP contribution in [0.2, 0.25) is 0 Å². The first-order chi connectivity index (χ1) is 60.4. The smallest absolute Gasteiger partial charge is 1.00 e. The summed E-state index contributed by atoms with van der Waals surface area (Å²) in [4.78, 5) is 0. The van der Waals surface area contributed by atoms with Gasteiger partial charge in [-0.2, -0.15) is 116 Å². The van der Waals surface area contributed by atoms with Gasteiger partial charge in [-0.3, -0.25) is 14.0 Å². The van der Waals surface area contributed by atoms with Gasteiger partial charge >= 0.3 is 83.2 Å². The number of hydrogen-bond acceptors (Lipinski definition) is 4. The fourth-order valence-electron chi connectivity index (χ4n) is 12.8. The van der Waals surface area contributed by atoms with Gasteiger partial charge in [-0.25, -0.2) is 0 Å². The van der Waals surface area contributed by atoms with Crippen LogP contribution in [0.15, 0.2) is 146 Å². The maximum Gasteiger partial charge on any atom is 2.00 e. The Balaban J connectivity index is -0.000000349. The zero-order chi connectivity index (χ0) is 97.3. The van der Waals surface area contributed by atoms with Gasteiger partial charge in [0.25, 0.3) is 0 Å². The molecule has 0 spiro atoms. The van der Waals surface area contributed by atoms with Crippen LogP contribution >= 0.6 is 101 Å². The van der Waals surface area contributed by atoms with Crippen molar-refractivity contribution in [2.24, 2.45) is 0 Å². The standard InChI is InChI=1S/C19H31F3NP.C15H21ClF3P.C15H22F3PS2.C15H22F3P.C11H14ClF3NP.C9H19.C7H4F3.C4H10Cl2NP.2BrH.2Mg/c1-4-7-8-9-10-13-16-24(23(5-2)6-3)18-15-12-11-14-17(18)19(20,21)22;1-2-3-4-5-6-9-12-20(16)14-11-8-7-10-13(14)15(17,18)19;1-2-3-4-5-6-9-12-19(20,21)14-11-8-7-10-13(14)15(16,17)18;1-2-3-4-5-6-9-12-19-14-11-8-7-10-13(14)15(16,17)18;1-3-16(4-2)17(12)10-8-6-5-7-9(10)11(13,14)15;1-3-5-7-9-8-6-4-2;8-7(9,10)6-4-2-1-3-5-6;1-3-7(4-2)8(5)6;;;;/h11-12,14-15H,4-10,13,16H2,1-3H3;7-8,10-11H,2-6,9,12H2,1H3;7-8,10-11H,2-6,9,12H2,1H3,(H,20,21);7-8,10-11,19H,2-6,9,12H2,1H3;5-8H,3-4H2,1-2H3;1,3-9H2,2H3;1-4H;3-4H2,1-2H3;2*1H;;/q;;;;;2*-1;;;;2*+2/p-2/t24-;20-;;;17-;;;;;;;/m11..0......./s1. The van der Waals surface area contributed by atoms with E-state index in [9.17, 15) is 79.0 Å². The SMILES string of the molecule is CCCCCCCCP(=S)(S)c1ccccc1C(F)(F)F.CCCCCCCCPc1ccccc1C(F)(F)F.CCCCCCCC[P@@](Cl)c1ccccc1C(F)(F)F.CCCCCCCC[P@](c1ccccc1C(F)(F)F)N(CC)CC.CCN(CC)P(Cl)Cl.CCN(CC)[P@](Cl)c1ccccc1C(F)(F)F.FC(F)(F)c1[c-]cccc1.[Br-].[Br-].[CH2-]CCCCCCCC.[Mg+2].[Mg+2]. The molecule has 0 radical (unpaired) electrons. The minimum absolute atomic E-state index is 0. The van der Waals surface area contributed by atoms with Crippen molar-refractivity contribution in [2.45, 2.75) is 312 Å². The summed E-state index contributed by atoms with van der Waals surface area (Å²) < 4.78 is 236. The molecule has 0 saturated carbocycles. The molecule has 3 nitrogen and oxygen atoms in total. The summed E-state index contributed by atoms with van der Waals surface area (Å²) in [6, 6.07) is 36.0. The van der Waals surface area contributed by atoms with Crippen molar-refractivity contribution in [3.63, 3.8) is 0 Å². The van der Waals surface area contributed by atoms with Crippen molar-refractivity contribution in [1.82, 2.24) is 14.0 Å². The second kappa shape index (κ2) is 84.0. The molecule has 6 aromatic rings. The number of alkyl halides is 18. The molecule has 0 aliphatic carbocycles. The maximum atomic E-state index is 13.4. The Morgan fingerprint density at radius 1 is 0.356 bits per heavy atom. The number of benzene rings is 6. The van der Waals surface area contributed by atoms with Crippen LogP contribution in [0, 0.1) is 13.0 Å². The van der Waals surface area contributed by atoms with Crippen molar-refractivity contribution >= 4 is 185 Å². The molecule has 37 heteroatoms. The number of hydrogen-bond donors (Lipinski definition) is 1. The molecule has 0 heterocycles. The second-order valence-electron chi connectivity index (χ2n) is 30.0. The number of rotatable bonds is 48. The first kappa shape index (κ1) is 143. The van der Waals surface area contributed by atoms with Crippen LogP contribution in [0.25, 0.3) is 0 Å². The predicted molar refractivity (Wildman–Crippen MR) is 545 cm³/mol. The molecule has 0 aliphatic rings. The van der Waals surface area contributed by atoms with E-state index in [1.54, 1.807) is 42.5 Å². The molecular formula is C95H143Br2Cl4F18Mg2N3P6S2. The average Bonchev–Trinajstić information content (AvgIpc) is 0.801. The maximum absolute atomic E-state index is 13.4. The molecule has 132 heavy (non-hydrogen) atoms. The van der Waals surface area contributed by atoms with Gasteiger partial charge in [0, 0.05) is 59.9 Å². The summed E-state index contributed by atoms with van der Waals surface area (Å²) in [5.74, 6) is 0. The van der Waals surface area contributed by atoms with Crippen LogP contribution < -0.4 is 60.5 Å². The fraction of sp³-hybridized carbons (Fsp3) is 0.611. The third kappa shape index (κ3) is 66.6. The van der Waals surface area contributed by atoms with Gasteiger partial charge in [0.15, 0.2) is 6.78 Å². The number of halogens is 24. The zero-order valence-electron chi connectivity index (χ0n) is 79.0. The Morgan fingerprint density at radius 3 is 1.04 bits per heavy atom. The molecule has 0 fully saturated rings. The summed E-state index contributed by atoms with van der Waals surface area (Å²) in [6.45, 7) is 30.5. The molecule has 0 amide bonds. The monoisotopic (exact) mass is 2260 g/mol. The minimum atomic E-state index is -4.36. The topological polar surface area (TPSA) is 9.72 Å². The Kier molecular flexibility index (Phi) is 91.3. The first-order valence-electron chi connectivity index (χ1n) is 45.1. The van der Waals surface area contributed by atoms with E-state index in [0.29, 0.717) is 36.0 Å². The molecule has 6 aromatic carbocycles. The average molecular weight is 2270 g/mol. The first-order valence-corrected chi connectivity index (χ1v) is 59.7. The van der Waals surface area contributed by atoms with E-state index in [1.165, 1.54) is 207 Å². The van der Waals surface area contributed by atoms with Crippen molar-refractivity contribution in [2.75, 3.05) is 63.9 Å². The molecule has 5 atom stereocenters. The summed E-state index contributed by atoms with van der Waals surface area (Å²) in [7, 11) is -3.32. The number of nitrogens with zero attached hydrogens (tertiary/aromatic N) is 3. The summed E-state index contributed by atoms with van der Waals surface area (Å²) in [5, 5.41) is -0.806. The van der Waals surface area contributed by atoms with E-state index in [2.05, 4.69) is 64.5 Å². The van der Waals surface area contributed by atoms with E-state index >= 15 is 0 Å². The number of unbranched alkanes of at least 4 members (excludes halogenated alkanes) is 26. The van der Waals surface area contributed by atoms with Gasteiger partial charge in [-0.05, 0) is 107 Å². The van der Waals surface area contributed by atoms with Gasteiger partial charge in [0.05, 0.1) is 35.2 Å². The van der Waals surface area contributed by atoms with Gasteiger partial charge in [-0.15, -0.1) is 12.2 Å². The van der Waals surface area contributed by atoms with Crippen molar-refractivity contribution in [3.8, 4) is 0 Å². The summed E-state index contributed by atoms with van der Waals surface area (Å²) >= 11 is 33.5. The molecular weight excluding hydrogens is 2130 g/mol. The van der Waals surface area contributed by atoms with Crippen LogP contribution in [-0.2, 0) is 48.9 Å². The Labute approximate surface area is 872 Å². The van der Waals surface area contributed by atoms with Crippen molar-refractivity contribution < 1.29 is 113 Å². The molecule has 752 valence electrons.